The molecule has 0 saturated heterocycles. The topological polar surface area (TPSA) is 64.0 Å². The number of carbonyl (C=O) groups excluding carboxylic acids is 1. The van der Waals surface area contributed by atoms with Crippen LogP contribution in [0.25, 0.3) is 16.6 Å². The number of amides is 1. The molecule has 0 fully saturated rings. The van der Waals surface area contributed by atoms with Crippen LogP contribution in [0.15, 0.2) is 71.5 Å². The smallest absolute Gasteiger partial charge is 0.319 e. The van der Waals surface area contributed by atoms with E-state index in [9.17, 15) is 27.2 Å². The minimum atomic E-state index is -4.53. The summed E-state index contributed by atoms with van der Waals surface area (Å²) in [5.41, 5.74) is -0.782. The Labute approximate surface area is 179 Å². The Bertz CT molecular complexity index is 1390. The normalized spacial score (nSPS) is 11.5. The number of hydrogen-bond acceptors (Lipinski definition) is 3. The van der Waals surface area contributed by atoms with Crippen molar-refractivity contribution >= 4 is 22.5 Å². The fourth-order valence-electron chi connectivity index (χ4n) is 3.30. The van der Waals surface area contributed by atoms with Crippen LogP contribution >= 0.6 is 0 Å². The van der Waals surface area contributed by atoms with Gasteiger partial charge in [0.05, 0.1) is 27.8 Å². The monoisotopic (exact) mass is 441 g/mol. The number of benzene rings is 3. The number of aryl methyl sites for hydroxylation is 1. The molecule has 1 amide bonds. The van der Waals surface area contributed by atoms with Crippen molar-refractivity contribution < 1.29 is 22.4 Å². The summed E-state index contributed by atoms with van der Waals surface area (Å²) in [6, 6.07) is 14.0. The molecule has 32 heavy (non-hydrogen) atoms. The summed E-state index contributed by atoms with van der Waals surface area (Å²) >= 11 is 0. The van der Waals surface area contributed by atoms with E-state index in [1.807, 2.05) is 0 Å². The van der Waals surface area contributed by atoms with Crippen molar-refractivity contribution in [2.75, 3.05) is 5.32 Å². The third-order valence-electron chi connectivity index (χ3n) is 4.87. The number of fused-ring (bicyclic) bond motifs is 1. The molecular formula is C23H15F4N3O2. The Kier molecular flexibility index (Phi) is 5.25. The van der Waals surface area contributed by atoms with Crippen LogP contribution in [0, 0.1) is 12.7 Å². The van der Waals surface area contributed by atoms with E-state index in [4.69, 9.17) is 0 Å². The highest BCUT2D eigenvalue weighted by Gasteiger charge is 2.30. The molecule has 5 nitrogen and oxygen atoms in total. The lowest BCUT2D eigenvalue weighted by atomic mass is 10.1. The van der Waals surface area contributed by atoms with Crippen molar-refractivity contribution in [3.63, 3.8) is 0 Å². The van der Waals surface area contributed by atoms with Crippen LogP contribution in [-0.2, 0) is 6.18 Å². The minimum absolute atomic E-state index is 0.0801. The minimum Gasteiger partial charge on any atom is -0.319 e. The van der Waals surface area contributed by atoms with Crippen LogP contribution in [0.4, 0.5) is 23.2 Å². The number of nitrogens with one attached hydrogen (secondary N) is 1. The molecule has 4 aromatic rings. The lowest BCUT2D eigenvalue weighted by Gasteiger charge is -2.13. The first kappa shape index (κ1) is 21.2. The number of rotatable bonds is 3. The zero-order chi connectivity index (χ0) is 23.0. The van der Waals surface area contributed by atoms with Gasteiger partial charge in [0, 0.05) is 5.56 Å². The SMILES string of the molecule is Cc1nc2ccccc2c(=O)n1-c1ccc(F)c(NC(=O)c2ccc(C(F)(F)F)cc2)c1. The molecule has 0 radical (unpaired) electrons. The summed E-state index contributed by atoms with van der Waals surface area (Å²) in [7, 11) is 0. The van der Waals surface area contributed by atoms with Crippen molar-refractivity contribution in [2.24, 2.45) is 0 Å². The lowest BCUT2D eigenvalue weighted by molar-refractivity contribution is -0.137. The molecule has 0 unspecified atom stereocenters. The predicted octanol–water partition coefficient (Wildman–Crippen LogP) is 5.10. The van der Waals surface area contributed by atoms with E-state index in [-0.39, 0.29) is 22.5 Å². The van der Waals surface area contributed by atoms with Gasteiger partial charge in [-0.2, -0.15) is 13.2 Å². The van der Waals surface area contributed by atoms with Crippen molar-refractivity contribution in [3.05, 3.63) is 99.9 Å². The van der Waals surface area contributed by atoms with Crippen molar-refractivity contribution in [3.8, 4) is 5.69 Å². The third kappa shape index (κ3) is 3.96. The molecule has 1 heterocycles. The maximum atomic E-state index is 14.4. The van der Waals surface area contributed by atoms with Gasteiger partial charge in [-0.25, -0.2) is 9.37 Å². The molecule has 0 saturated carbocycles. The van der Waals surface area contributed by atoms with Crippen LogP contribution in [0.1, 0.15) is 21.7 Å². The predicted molar refractivity (Wildman–Crippen MR) is 111 cm³/mol. The molecule has 1 aromatic heterocycles. The first-order valence-electron chi connectivity index (χ1n) is 9.42. The largest absolute Gasteiger partial charge is 0.416 e. The van der Waals surface area contributed by atoms with Gasteiger partial charge in [0.15, 0.2) is 0 Å². The van der Waals surface area contributed by atoms with E-state index in [0.717, 1.165) is 30.3 Å². The van der Waals surface area contributed by atoms with Crippen molar-refractivity contribution in [1.29, 1.82) is 0 Å². The van der Waals surface area contributed by atoms with E-state index in [1.165, 1.54) is 16.7 Å². The summed E-state index contributed by atoms with van der Waals surface area (Å²) in [6.45, 7) is 1.62. The molecule has 1 N–H and O–H groups in total. The number of aromatic nitrogens is 2. The van der Waals surface area contributed by atoms with Gasteiger partial charge in [-0.15, -0.1) is 0 Å². The Balaban J connectivity index is 1.69. The van der Waals surface area contributed by atoms with E-state index in [0.29, 0.717) is 16.7 Å². The van der Waals surface area contributed by atoms with E-state index in [1.54, 1.807) is 31.2 Å². The Morgan fingerprint density at radius 3 is 2.38 bits per heavy atom. The first-order chi connectivity index (χ1) is 15.1. The maximum absolute atomic E-state index is 14.4. The summed E-state index contributed by atoms with van der Waals surface area (Å²) in [4.78, 5) is 29.8. The summed E-state index contributed by atoms with van der Waals surface area (Å²) in [6.07, 6.45) is -4.53. The fraction of sp³-hybridized carbons (Fsp3) is 0.0870. The van der Waals surface area contributed by atoms with Gasteiger partial charge in [0.2, 0.25) is 0 Å². The van der Waals surface area contributed by atoms with Gasteiger partial charge >= 0.3 is 6.18 Å². The average Bonchev–Trinajstić information content (AvgIpc) is 2.75. The van der Waals surface area contributed by atoms with E-state index in [2.05, 4.69) is 10.3 Å². The highest BCUT2D eigenvalue weighted by atomic mass is 19.4. The van der Waals surface area contributed by atoms with Gasteiger partial charge in [-0.05, 0) is 61.5 Å². The highest BCUT2D eigenvalue weighted by molar-refractivity contribution is 6.04. The summed E-state index contributed by atoms with van der Waals surface area (Å²) in [5.74, 6) is -1.20. The van der Waals surface area contributed by atoms with Gasteiger partial charge < -0.3 is 5.32 Å². The molecule has 0 aliphatic carbocycles. The molecule has 4 rings (SSSR count). The maximum Gasteiger partial charge on any atom is 0.416 e. The Morgan fingerprint density at radius 1 is 1.00 bits per heavy atom. The number of hydrogen-bond donors (Lipinski definition) is 1. The number of carbonyl (C=O) groups is 1. The zero-order valence-electron chi connectivity index (χ0n) is 16.6. The van der Waals surface area contributed by atoms with Gasteiger partial charge in [-0.3, -0.25) is 14.2 Å². The van der Waals surface area contributed by atoms with Crippen molar-refractivity contribution in [1.82, 2.24) is 9.55 Å². The molecule has 0 atom stereocenters. The number of alkyl halides is 3. The average molecular weight is 441 g/mol. The summed E-state index contributed by atoms with van der Waals surface area (Å²) in [5, 5.41) is 2.71. The first-order valence-corrected chi connectivity index (χ1v) is 9.42. The number of anilines is 1. The quantitative estimate of drug-likeness (QED) is 0.450. The third-order valence-corrected chi connectivity index (χ3v) is 4.87. The van der Waals surface area contributed by atoms with Gasteiger partial charge in [-0.1, -0.05) is 12.1 Å². The molecule has 0 aliphatic rings. The molecule has 0 spiro atoms. The van der Waals surface area contributed by atoms with Gasteiger partial charge in [0.1, 0.15) is 11.6 Å². The zero-order valence-corrected chi connectivity index (χ0v) is 16.6. The number of para-hydroxylation sites is 1. The fourth-order valence-corrected chi connectivity index (χ4v) is 3.30. The second-order valence-electron chi connectivity index (χ2n) is 7.01. The molecule has 9 heteroatoms. The molecule has 3 aromatic carbocycles. The van der Waals surface area contributed by atoms with Crippen LogP contribution in [0.2, 0.25) is 0 Å². The Morgan fingerprint density at radius 2 is 1.69 bits per heavy atom. The van der Waals surface area contributed by atoms with Gasteiger partial charge in [0.25, 0.3) is 11.5 Å². The molecule has 162 valence electrons. The highest BCUT2D eigenvalue weighted by Crippen LogP contribution is 2.29. The molecular weight excluding hydrogens is 426 g/mol. The van der Waals surface area contributed by atoms with Crippen LogP contribution in [0.5, 0.6) is 0 Å². The summed E-state index contributed by atoms with van der Waals surface area (Å²) < 4.78 is 53.8. The molecule has 0 aliphatic heterocycles. The molecule has 0 bridgehead atoms. The lowest BCUT2D eigenvalue weighted by Crippen LogP contribution is -2.22. The second-order valence-corrected chi connectivity index (χ2v) is 7.01. The second kappa shape index (κ2) is 7.92. The standard InChI is InChI=1S/C23H15F4N3O2/c1-13-28-19-5-3-2-4-17(19)22(32)30(13)16-10-11-18(24)20(12-16)29-21(31)14-6-8-15(9-7-14)23(25,26)27/h2-12H,1H3,(H,29,31). The van der Waals surface area contributed by atoms with Crippen LogP contribution in [-0.4, -0.2) is 15.5 Å². The van der Waals surface area contributed by atoms with Crippen LogP contribution < -0.4 is 10.9 Å². The van der Waals surface area contributed by atoms with Crippen LogP contribution in [0.3, 0.4) is 0 Å². The Hall–Kier alpha value is -4.01. The van der Waals surface area contributed by atoms with Crippen molar-refractivity contribution in [2.45, 2.75) is 13.1 Å². The number of nitrogens with zero attached hydrogens (tertiary/aromatic N) is 2. The van der Waals surface area contributed by atoms with E-state index >= 15 is 0 Å². The van der Waals surface area contributed by atoms with E-state index < -0.39 is 23.5 Å². The number of halogens is 4.